The zero-order valence-corrected chi connectivity index (χ0v) is 14.0. The van der Waals surface area contributed by atoms with E-state index in [4.69, 9.17) is 16.3 Å². The van der Waals surface area contributed by atoms with E-state index >= 15 is 0 Å². The minimum absolute atomic E-state index is 0.0250. The van der Waals surface area contributed by atoms with Gasteiger partial charge in [0, 0.05) is 31.0 Å². The van der Waals surface area contributed by atoms with Crippen LogP contribution in [-0.4, -0.2) is 25.5 Å². The number of methoxy groups -OCH3 is 1. The predicted octanol–water partition coefficient (Wildman–Crippen LogP) is 3.29. The molecular formula is C16H23ClN2O3. The van der Waals surface area contributed by atoms with Gasteiger partial charge < -0.3 is 15.4 Å². The van der Waals surface area contributed by atoms with Crippen LogP contribution in [0.1, 0.15) is 38.2 Å². The van der Waals surface area contributed by atoms with Crippen molar-refractivity contribution in [3.63, 3.8) is 0 Å². The number of unbranched alkanes of at least 4 members (excludes halogenated alkanes) is 2. The Hall–Kier alpha value is -1.75. The number of amides is 2. The monoisotopic (exact) mass is 326 g/mol. The van der Waals surface area contributed by atoms with Crippen LogP contribution in [0.3, 0.4) is 0 Å². The molecule has 2 N–H and O–H groups in total. The highest BCUT2D eigenvalue weighted by atomic mass is 35.5. The molecule has 6 heteroatoms. The van der Waals surface area contributed by atoms with Crippen molar-refractivity contribution in [2.75, 3.05) is 19.0 Å². The van der Waals surface area contributed by atoms with E-state index in [1.807, 2.05) is 6.92 Å². The summed E-state index contributed by atoms with van der Waals surface area (Å²) < 4.78 is 5.22. The molecule has 0 atom stereocenters. The third-order valence-corrected chi connectivity index (χ3v) is 3.62. The molecule has 0 radical (unpaired) electrons. The molecule has 0 aliphatic rings. The van der Waals surface area contributed by atoms with Crippen molar-refractivity contribution in [2.24, 2.45) is 0 Å². The Morgan fingerprint density at radius 2 is 1.95 bits per heavy atom. The first-order chi connectivity index (χ1) is 10.4. The third-order valence-electron chi connectivity index (χ3n) is 3.21. The van der Waals surface area contributed by atoms with E-state index in [0.717, 1.165) is 24.8 Å². The van der Waals surface area contributed by atoms with E-state index in [9.17, 15) is 9.59 Å². The van der Waals surface area contributed by atoms with Crippen LogP contribution in [0.2, 0.25) is 5.02 Å². The smallest absolute Gasteiger partial charge is 0.224 e. The zero-order valence-electron chi connectivity index (χ0n) is 13.3. The van der Waals surface area contributed by atoms with Gasteiger partial charge in [-0.3, -0.25) is 9.59 Å². The topological polar surface area (TPSA) is 67.4 Å². The maximum Gasteiger partial charge on any atom is 0.224 e. The van der Waals surface area contributed by atoms with Gasteiger partial charge >= 0.3 is 0 Å². The summed E-state index contributed by atoms with van der Waals surface area (Å²) in [5.41, 5.74) is 1.51. The van der Waals surface area contributed by atoms with Gasteiger partial charge in [-0.1, -0.05) is 18.0 Å². The van der Waals surface area contributed by atoms with Crippen molar-refractivity contribution >= 4 is 29.1 Å². The second-order valence-electron chi connectivity index (χ2n) is 5.14. The van der Waals surface area contributed by atoms with E-state index in [2.05, 4.69) is 10.6 Å². The molecule has 1 aromatic rings. The highest BCUT2D eigenvalue weighted by molar-refractivity contribution is 6.31. The van der Waals surface area contributed by atoms with Gasteiger partial charge in [0.2, 0.25) is 11.8 Å². The van der Waals surface area contributed by atoms with Gasteiger partial charge in [-0.05, 0) is 31.4 Å². The number of carbonyl (C=O) groups is 2. The fourth-order valence-electron chi connectivity index (χ4n) is 1.99. The van der Waals surface area contributed by atoms with E-state index in [1.54, 1.807) is 19.2 Å². The largest absolute Gasteiger partial charge is 0.495 e. The Labute approximate surface area is 136 Å². The lowest BCUT2D eigenvalue weighted by Gasteiger charge is -2.12. The Bertz CT molecular complexity index is 532. The molecule has 122 valence electrons. The summed E-state index contributed by atoms with van der Waals surface area (Å²) in [5, 5.41) is 6.18. The van der Waals surface area contributed by atoms with E-state index in [0.29, 0.717) is 29.4 Å². The number of ether oxygens (including phenoxy) is 1. The molecular weight excluding hydrogens is 304 g/mol. The summed E-state index contributed by atoms with van der Waals surface area (Å²) in [5.74, 6) is 0.470. The summed E-state index contributed by atoms with van der Waals surface area (Å²) in [6, 6.07) is 3.50. The normalized spacial score (nSPS) is 10.2. The van der Waals surface area contributed by atoms with Crippen LogP contribution in [0.4, 0.5) is 5.69 Å². The van der Waals surface area contributed by atoms with Gasteiger partial charge in [-0.25, -0.2) is 0 Å². The maximum absolute atomic E-state index is 11.9. The van der Waals surface area contributed by atoms with Crippen LogP contribution in [0.15, 0.2) is 12.1 Å². The third kappa shape index (κ3) is 6.35. The SMILES string of the molecule is COc1cc(Cl)c(C)cc1NC(=O)CCCCCNC(C)=O. The van der Waals surface area contributed by atoms with Crippen molar-refractivity contribution in [1.82, 2.24) is 5.32 Å². The molecule has 0 unspecified atom stereocenters. The van der Waals surface area contributed by atoms with Crippen molar-refractivity contribution < 1.29 is 14.3 Å². The average Bonchev–Trinajstić information content (AvgIpc) is 2.46. The van der Waals surface area contributed by atoms with Gasteiger partial charge in [-0.2, -0.15) is 0 Å². The lowest BCUT2D eigenvalue weighted by atomic mass is 10.1. The van der Waals surface area contributed by atoms with E-state index in [-0.39, 0.29) is 11.8 Å². The Balaban J connectivity index is 2.39. The molecule has 5 nitrogen and oxygen atoms in total. The number of halogens is 1. The predicted molar refractivity (Wildman–Crippen MR) is 88.5 cm³/mol. The number of aryl methyl sites for hydroxylation is 1. The number of rotatable bonds is 8. The molecule has 0 aliphatic carbocycles. The molecule has 0 saturated carbocycles. The maximum atomic E-state index is 11.9. The number of nitrogens with one attached hydrogen (secondary N) is 2. The average molecular weight is 327 g/mol. The first-order valence-electron chi connectivity index (χ1n) is 7.32. The van der Waals surface area contributed by atoms with Crippen LogP contribution >= 0.6 is 11.6 Å². The lowest BCUT2D eigenvalue weighted by Crippen LogP contribution is -2.20. The fraction of sp³-hybridized carbons (Fsp3) is 0.500. The van der Waals surface area contributed by atoms with Gasteiger partial charge in [-0.15, -0.1) is 0 Å². The Morgan fingerprint density at radius 1 is 1.23 bits per heavy atom. The number of hydrogen-bond acceptors (Lipinski definition) is 3. The molecule has 0 aromatic heterocycles. The first kappa shape index (κ1) is 18.3. The van der Waals surface area contributed by atoms with E-state index < -0.39 is 0 Å². The Kier molecular flexibility index (Phi) is 7.74. The summed E-state index contributed by atoms with van der Waals surface area (Å²) in [4.78, 5) is 22.7. The van der Waals surface area contributed by atoms with Crippen molar-refractivity contribution in [3.8, 4) is 5.75 Å². The molecule has 22 heavy (non-hydrogen) atoms. The zero-order chi connectivity index (χ0) is 16.5. The molecule has 0 fully saturated rings. The second kappa shape index (κ2) is 9.30. The molecule has 0 heterocycles. The second-order valence-corrected chi connectivity index (χ2v) is 5.55. The molecule has 1 rings (SSSR count). The fourth-order valence-corrected chi connectivity index (χ4v) is 2.15. The first-order valence-corrected chi connectivity index (χ1v) is 7.70. The minimum atomic E-state index is -0.0560. The van der Waals surface area contributed by atoms with Gasteiger partial charge in [0.15, 0.2) is 0 Å². The molecule has 0 bridgehead atoms. The van der Waals surface area contributed by atoms with Crippen molar-refractivity contribution in [2.45, 2.75) is 39.5 Å². The molecule has 0 spiro atoms. The highest BCUT2D eigenvalue weighted by Gasteiger charge is 2.10. The molecule has 1 aromatic carbocycles. The van der Waals surface area contributed by atoms with Crippen LogP contribution in [-0.2, 0) is 9.59 Å². The summed E-state index contributed by atoms with van der Waals surface area (Å²) in [6.07, 6.45) is 2.98. The van der Waals surface area contributed by atoms with Crippen LogP contribution in [0.25, 0.3) is 0 Å². The summed E-state index contributed by atoms with van der Waals surface area (Å²) >= 11 is 6.03. The van der Waals surface area contributed by atoms with Gasteiger partial charge in [0.05, 0.1) is 12.8 Å². The standard InChI is InChI=1S/C16H23ClN2O3/c1-11-9-14(15(22-3)10-13(11)17)19-16(21)7-5-4-6-8-18-12(2)20/h9-10H,4-8H2,1-3H3,(H,18,20)(H,19,21). The summed E-state index contributed by atoms with van der Waals surface area (Å²) in [7, 11) is 1.54. The molecule has 0 saturated heterocycles. The molecule has 2 amide bonds. The van der Waals surface area contributed by atoms with Crippen LogP contribution < -0.4 is 15.4 Å². The van der Waals surface area contributed by atoms with Crippen LogP contribution in [0.5, 0.6) is 5.75 Å². The minimum Gasteiger partial charge on any atom is -0.495 e. The van der Waals surface area contributed by atoms with Crippen LogP contribution in [0, 0.1) is 6.92 Å². The van der Waals surface area contributed by atoms with E-state index in [1.165, 1.54) is 6.92 Å². The van der Waals surface area contributed by atoms with Crippen molar-refractivity contribution in [3.05, 3.63) is 22.7 Å². The van der Waals surface area contributed by atoms with Gasteiger partial charge in [0.1, 0.15) is 5.75 Å². The Morgan fingerprint density at radius 3 is 2.59 bits per heavy atom. The number of carbonyl (C=O) groups excluding carboxylic acids is 2. The number of hydrogen-bond donors (Lipinski definition) is 2. The van der Waals surface area contributed by atoms with Gasteiger partial charge in [0.25, 0.3) is 0 Å². The molecule has 0 aliphatic heterocycles. The van der Waals surface area contributed by atoms with Crippen molar-refractivity contribution in [1.29, 1.82) is 0 Å². The quantitative estimate of drug-likeness (QED) is 0.720. The number of benzene rings is 1. The lowest BCUT2D eigenvalue weighted by molar-refractivity contribution is -0.119. The number of anilines is 1. The highest BCUT2D eigenvalue weighted by Crippen LogP contribution is 2.31. The summed E-state index contributed by atoms with van der Waals surface area (Å²) in [6.45, 7) is 4.02.